The maximum atomic E-state index is 5.49. The molecule has 0 aliphatic carbocycles. The Labute approximate surface area is 134 Å². The Morgan fingerprint density at radius 2 is 1.95 bits per heavy atom. The molecule has 1 aliphatic heterocycles. The minimum Gasteiger partial charge on any atom is -0.493 e. The smallest absolute Gasteiger partial charge is 0.161 e. The van der Waals surface area contributed by atoms with E-state index >= 15 is 0 Å². The molecule has 0 radical (unpaired) electrons. The molecule has 0 aromatic heterocycles. The molecular formula is C18H30N2O2. The summed E-state index contributed by atoms with van der Waals surface area (Å²) >= 11 is 0. The van der Waals surface area contributed by atoms with E-state index in [4.69, 9.17) is 9.47 Å². The van der Waals surface area contributed by atoms with Crippen molar-refractivity contribution < 1.29 is 9.47 Å². The van der Waals surface area contributed by atoms with E-state index in [2.05, 4.69) is 29.3 Å². The Kier molecular flexibility index (Phi) is 7.00. The summed E-state index contributed by atoms with van der Waals surface area (Å²) in [4.78, 5) is 2.62. The second kappa shape index (κ2) is 9.01. The minimum absolute atomic E-state index is 0.472. The number of hydrogen-bond acceptors (Lipinski definition) is 4. The van der Waals surface area contributed by atoms with Crippen molar-refractivity contribution in [2.45, 2.75) is 38.6 Å². The number of benzene rings is 1. The summed E-state index contributed by atoms with van der Waals surface area (Å²) in [6.45, 7) is 6.74. The van der Waals surface area contributed by atoms with E-state index in [1.54, 1.807) is 14.2 Å². The van der Waals surface area contributed by atoms with Gasteiger partial charge in [0.2, 0.25) is 0 Å². The van der Waals surface area contributed by atoms with E-state index in [0.29, 0.717) is 6.04 Å². The molecule has 0 amide bonds. The first-order chi connectivity index (χ1) is 10.8. The SMILES string of the molecule is CCCCC(c1ccc(OC)c(OC)c1)N1CCCNCC1. The molecule has 22 heavy (non-hydrogen) atoms. The molecule has 0 saturated carbocycles. The molecular weight excluding hydrogens is 276 g/mol. The molecule has 4 nitrogen and oxygen atoms in total. The van der Waals surface area contributed by atoms with Gasteiger partial charge in [-0.25, -0.2) is 0 Å². The zero-order valence-corrected chi connectivity index (χ0v) is 14.2. The van der Waals surface area contributed by atoms with Crippen molar-refractivity contribution >= 4 is 0 Å². The Hall–Kier alpha value is -1.26. The van der Waals surface area contributed by atoms with Crippen LogP contribution in [-0.2, 0) is 0 Å². The molecule has 2 rings (SSSR count). The van der Waals surface area contributed by atoms with Crippen LogP contribution in [0, 0.1) is 0 Å². The Balaban J connectivity index is 2.23. The third-order valence-corrected chi connectivity index (χ3v) is 4.44. The van der Waals surface area contributed by atoms with Crippen molar-refractivity contribution in [1.29, 1.82) is 0 Å². The minimum atomic E-state index is 0.472. The van der Waals surface area contributed by atoms with E-state index in [0.717, 1.165) is 37.7 Å². The monoisotopic (exact) mass is 306 g/mol. The van der Waals surface area contributed by atoms with Gasteiger partial charge >= 0.3 is 0 Å². The lowest BCUT2D eigenvalue weighted by Crippen LogP contribution is -2.32. The molecule has 1 saturated heterocycles. The molecule has 1 fully saturated rings. The average molecular weight is 306 g/mol. The van der Waals surface area contributed by atoms with Crippen LogP contribution in [0.3, 0.4) is 0 Å². The van der Waals surface area contributed by atoms with Crippen molar-refractivity contribution in [3.63, 3.8) is 0 Å². The molecule has 1 unspecified atom stereocenters. The van der Waals surface area contributed by atoms with Crippen LogP contribution in [0.15, 0.2) is 18.2 Å². The van der Waals surface area contributed by atoms with Crippen molar-refractivity contribution in [1.82, 2.24) is 10.2 Å². The lowest BCUT2D eigenvalue weighted by atomic mass is 9.98. The van der Waals surface area contributed by atoms with Crippen molar-refractivity contribution in [2.24, 2.45) is 0 Å². The molecule has 1 N–H and O–H groups in total. The summed E-state index contributed by atoms with van der Waals surface area (Å²) in [5.41, 5.74) is 1.34. The van der Waals surface area contributed by atoms with Crippen LogP contribution in [0.2, 0.25) is 0 Å². The van der Waals surface area contributed by atoms with Crippen LogP contribution >= 0.6 is 0 Å². The van der Waals surface area contributed by atoms with Gasteiger partial charge in [0.15, 0.2) is 11.5 Å². The predicted octanol–water partition coefficient (Wildman–Crippen LogP) is 3.23. The van der Waals surface area contributed by atoms with Gasteiger partial charge < -0.3 is 14.8 Å². The molecule has 1 atom stereocenters. The van der Waals surface area contributed by atoms with E-state index in [1.807, 2.05) is 6.07 Å². The number of ether oxygens (including phenoxy) is 2. The quantitative estimate of drug-likeness (QED) is 0.838. The molecule has 1 heterocycles. The summed E-state index contributed by atoms with van der Waals surface area (Å²) in [7, 11) is 3.39. The van der Waals surface area contributed by atoms with Crippen LogP contribution in [0.25, 0.3) is 0 Å². The van der Waals surface area contributed by atoms with Crippen molar-refractivity contribution in [2.75, 3.05) is 40.4 Å². The van der Waals surface area contributed by atoms with Gasteiger partial charge in [-0.2, -0.15) is 0 Å². The van der Waals surface area contributed by atoms with E-state index in [-0.39, 0.29) is 0 Å². The first-order valence-electron chi connectivity index (χ1n) is 8.46. The molecule has 4 heteroatoms. The standard InChI is InChI=1S/C18H30N2O2/c1-4-5-7-16(20-12-6-10-19-11-13-20)15-8-9-17(21-2)18(14-15)22-3/h8-9,14,16,19H,4-7,10-13H2,1-3H3. The van der Waals surface area contributed by atoms with Gasteiger partial charge in [-0.15, -0.1) is 0 Å². The highest BCUT2D eigenvalue weighted by Gasteiger charge is 2.22. The molecule has 1 aromatic carbocycles. The zero-order chi connectivity index (χ0) is 15.8. The number of methoxy groups -OCH3 is 2. The van der Waals surface area contributed by atoms with E-state index < -0.39 is 0 Å². The number of unbranched alkanes of at least 4 members (excludes halogenated alkanes) is 1. The highest BCUT2D eigenvalue weighted by molar-refractivity contribution is 5.43. The molecule has 0 bridgehead atoms. The maximum Gasteiger partial charge on any atom is 0.161 e. The van der Waals surface area contributed by atoms with Crippen molar-refractivity contribution in [3.05, 3.63) is 23.8 Å². The summed E-state index contributed by atoms with van der Waals surface area (Å²) < 4.78 is 10.9. The molecule has 0 spiro atoms. The maximum absolute atomic E-state index is 5.49. The molecule has 1 aliphatic rings. The first kappa shape index (κ1) is 17.1. The number of nitrogens with one attached hydrogen (secondary N) is 1. The van der Waals surface area contributed by atoms with Crippen LogP contribution in [0.1, 0.15) is 44.2 Å². The summed E-state index contributed by atoms with van der Waals surface area (Å²) in [6.07, 6.45) is 4.90. The number of hydrogen-bond donors (Lipinski definition) is 1. The third kappa shape index (κ3) is 4.37. The Morgan fingerprint density at radius 1 is 1.14 bits per heavy atom. The Bertz CT molecular complexity index is 443. The van der Waals surface area contributed by atoms with Gasteiger partial charge in [0.05, 0.1) is 14.2 Å². The predicted molar refractivity (Wildman–Crippen MR) is 90.9 cm³/mol. The second-order valence-corrected chi connectivity index (χ2v) is 5.91. The van der Waals surface area contributed by atoms with Gasteiger partial charge in [-0.1, -0.05) is 25.8 Å². The fourth-order valence-corrected chi connectivity index (χ4v) is 3.20. The largest absolute Gasteiger partial charge is 0.493 e. The van der Waals surface area contributed by atoms with E-state index in [1.165, 1.54) is 31.2 Å². The fraction of sp³-hybridized carbons (Fsp3) is 0.667. The summed E-state index contributed by atoms with van der Waals surface area (Å²) in [5.74, 6) is 1.63. The van der Waals surface area contributed by atoms with Gasteiger partial charge in [0.1, 0.15) is 0 Å². The summed E-state index contributed by atoms with van der Waals surface area (Å²) in [5, 5.41) is 3.49. The van der Waals surface area contributed by atoms with Crippen LogP contribution < -0.4 is 14.8 Å². The van der Waals surface area contributed by atoms with Gasteiger partial charge in [-0.3, -0.25) is 4.90 Å². The van der Waals surface area contributed by atoms with E-state index in [9.17, 15) is 0 Å². The molecule has 1 aromatic rings. The summed E-state index contributed by atoms with van der Waals surface area (Å²) in [6, 6.07) is 6.85. The normalized spacial score (nSPS) is 17.8. The van der Waals surface area contributed by atoms with Gasteiger partial charge in [0.25, 0.3) is 0 Å². The number of nitrogens with zero attached hydrogens (tertiary/aromatic N) is 1. The van der Waals surface area contributed by atoms with Crippen molar-refractivity contribution in [3.8, 4) is 11.5 Å². The number of rotatable bonds is 7. The van der Waals surface area contributed by atoms with Gasteiger partial charge in [0, 0.05) is 25.7 Å². The zero-order valence-electron chi connectivity index (χ0n) is 14.2. The highest BCUT2D eigenvalue weighted by atomic mass is 16.5. The third-order valence-electron chi connectivity index (χ3n) is 4.44. The molecule has 124 valence electrons. The van der Waals surface area contributed by atoms with Gasteiger partial charge in [-0.05, 0) is 37.1 Å². The lowest BCUT2D eigenvalue weighted by Gasteiger charge is -2.31. The van der Waals surface area contributed by atoms with Crippen LogP contribution in [0.4, 0.5) is 0 Å². The van der Waals surface area contributed by atoms with Crippen LogP contribution in [0.5, 0.6) is 11.5 Å². The van der Waals surface area contributed by atoms with Crippen LogP contribution in [-0.4, -0.2) is 45.3 Å². The highest BCUT2D eigenvalue weighted by Crippen LogP contribution is 2.34. The Morgan fingerprint density at radius 3 is 2.68 bits per heavy atom. The first-order valence-corrected chi connectivity index (χ1v) is 8.46. The fourth-order valence-electron chi connectivity index (χ4n) is 3.20. The lowest BCUT2D eigenvalue weighted by molar-refractivity contribution is 0.196. The second-order valence-electron chi connectivity index (χ2n) is 5.91. The average Bonchev–Trinajstić information content (AvgIpc) is 2.84. The topological polar surface area (TPSA) is 33.7 Å².